The lowest BCUT2D eigenvalue weighted by molar-refractivity contribution is -0.274. The van der Waals surface area contributed by atoms with E-state index in [0.717, 1.165) is 6.07 Å². The summed E-state index contributed by atoms with van der Waals surface area (Å²) in [6.07, 6.45) is -4.75. The number of hydrogen-bond acceptors (Lipinski definition) is 4. The van der Waals surface area contributed by atoms with Gasteiger partial charge in [0.2, 0.25) is 0 Å². The molecule has 8 heteroatoms. The maximum Gasteiger partial charge on any atom is 0.573 e. The van der Waals surface area contributed by atoms with Crippen molar-refractivity contribution >= 4 is 15.5 Å². The van der Waals surface area contributed by atoms with Crippen LogP contribution in [-0.4, -0.2) is 32.3 Å². The van der Waals surface area contributed by atoms with Crippen LogP contribution in [-0.2, 0) is 9.84 Å². The Balaban J connectivity index is 2.60. The van der Waals surface area contributed by atoms with Gasteiger partial charge >= 0.3 is 6.36 Å². The van der Waals surface area contributed by atoms with Crippen molar-refractivity contribution in [2.75, 3.05) is 17.6 Å². The summed E-state index contributed by atoms with van der Waals surface area (Å²) in [5, 5.41) is 2.27. The van der Waals surface area contributed by atoms with Gasteiger partial charge in [-0.15, -0.1) is 13.2 Å². The predicted molar refractivity (Wildman–Crippen MR) is 70.5 cm³/mol. The van der Waals surface area contributed by atoms with E-state index in [9.17, 15) is 21.6 Å². The minimum Gasteiger partial charge on any atom is -0.406 e. The summed E-state index contributed by atoms with van der Waals surface area (Å²) in [7, 11) is -3.18. The van der Waals surface area contributed by atoms with E-state index in [4.69, 9.17) is 0 Å². The Hall–Kier alpha value is -1.44. The van der Waals surface area contributed by atoms with E-state index in [1.54, 1.807) is 13.8 Å². The molecular formula is C12H16F3NO3S. The van der Waals surface area contributed by atoms with Crippen LogP contribution in [0.25, 0.3) is 0 Å². The molecule has 1 aromatic carbocycles. The molecule has 1 N–H and O–H groups in total. The summed E-state index contributed by atoms with van der Waals surface area (Å²) in [4.78, 5) is 0. The number of ether oxygens (including phenoxy) is 1. The first-order valence-electron chi connectivity index (χ1n) is 5.91. The first-order chi connectivity index (χ1) is 9.10. The number of alkyl halides is 3. The summed E-state index contributed by atoms with van der Waals surface area (Å²) in [5.74, 6) is -0.441. The Morgan fingerprint density at radius 3 is 2.50 bits per heavy atom. The van der Waals surface area contributed by atoms with Gasteiger partial charge in [0, 0.05) is 18.3 Å². The maximum atomic E-state index is 12.0. The molecule has 0 saturated carbocycles. The molecule has 0 amide bonds. The largest absolute Gasteiger partial charge is 0.573 e. The molecule has 0 aliphatic rings. The van der Waals surface area contributed by atoms with Crippen LogP contribution in [0.15, 0.2) is 24.3 Å². The van der Waals surface area contributed by atoms with E-state index in [1.807, 2.05) is 0 Å². The summed E-state index contributed by atoms with van der Waals surface area (Å²) in [5.41, 5.74) is 0.366. The number of anilines is 1. The molecule has 114 valence electrons. The highest BCUT2D eigenvalue weighted by atomic mass is 32.2. The summed E-state index contributed by atoms with van der Waals surface area (Å²) < 4.78 is 63.0. The Kier molecular flexibility index (Phi) is 5.27. The number of nitrogens with one attached hydrogen (secondary N) is 1. The van der Waals surface area contributed by atoms with Crippen LogP contribution in [0.1, 0.15) is 13.8 Å². The van der Waals surface area contributed by atoms with E-state index in [0.29, 0.717) is 5.69 Å². The third-order valence-electron chi connectivity index (χ3n) is 2.50. The first kappa shape index (κ1) is 16.6. The van der Waals surface area contributed by atoms with Crippen LogP contribution >= 0.6 is 0 Å². The van der Waals surface area contributed by atoms with Gasteiger partial charge in [0.15, 0.2) is 9.84 Å². The average Bonchev–Trinajstić information content (AvgIpc) is 2.26. The van der Waals surface area contributed by atoms with E-state index in [1.165, 1.54) is 18.2 Å². The van der Waals surface area contributed by atoms with Crippen LogP contribution in [0, 0.1) is 0 Å². The molecule has 0 spiro atoms. The molecular weight excluding hydrogens is 295 g/mol. The van der Waals surface area contributed by atoms with Gasteiger partial charge in [0.05, 0.1) is 11.0 Å². The van der Waals surface area contributed by atoms with Crippen molar-refractivity contribution in [1.82, 2.24) is 0 Å². The third kappa shape index (κ3) is 5.68. The van der Waals surface area contributed by atoms with Crippen molar-refractivity contribution in [1.29, 1.82) is 0 Å². The normalized spacial score (nSPS) is 12.5. The summed E-state index contributed by atoms with van der Waals surface area (Å²) in [6, 6.07) is 5.25. The van der Waals surface area contributed by atoms with Gasteiger partial charge in [-0.3, -0.25) is 0 Å². The lowest BCUT2D eigenvalue weighted by Gasteiger charge is -2.12. The second-order valence-electron chi connectivity index (χ2n) is 4.42. The Bertz CT molecular complexity index is 541. The second kappa shape index (κ2) is 6.34. The zero-order valence-corrected chi connectivity index (χ0v) is 11.9. The SMILES string of the molecule is CC(C)S(=O)(=O)CCNc1cccc(OC(F)(F)F)c1. The van der Waals surface area contributed by atoms with E-state index >= 15 is 0 Å². The fourth-order valence-corrected chi connectivity index (χ4v) is 2.23. The van der Waals surface area contributed by atoms with Crippen molar-refractivity contribution < 1.29 is 26.3 Å². The smallest absolute Gasteiger partial charge is 0.406 e. The van der Waals surface area contributed by atoms with Crippen molar-refractivity contribution in [2.45, 2.75) is 25.5 Å². The molecule has 0 aromatic heterocycles. The molecule has 0 fully saturated rings. The van der Waals surface area contributed by atoms with Gasteiger partial charge in [-0.25, -0.2) is 8.42 Å². The molecule has 0 aliphatic carbocycles. The maximum absolute atomic E-state index is 12.0. The summed E-state index contributed by atoms with van der Waals surface area (Å²) >= 11 is 0. The van der Waals surface area contributed by atoms with Gasteiger partial charge in [-0.1, -0.05) is 6.07 Å². The topological polar surface area (TPSA) is 55.4 Å². The number of hydrogen-bond donors (Lipinski definition) is 1. The van der Waals surface area contributed by atoms with Crippen molar-refractivity contribution in [3.63, 3.8) is 0 Å². The average molecular weight is 311 g/mol. The molecule has 1 rings (SSSR count). The van der Waals surface area contributed by atoms with Crippen LogP contribution in [0.3, 0.4) is 0 Å². The van der Waals surface area contributed by atoms with E-state index < -0.39 is 21.4 Å². The fourth-order valence-electron chi connectivity index (χ4n) is 1.38. The van der Waals surface area contributed by atoms with Crippen molar-refractivity contribution in [3.05, 3.63) is 24.3 Å². The highest BCUT2D eigenvalue weighted by Crippen LogP contribution is 2.24. The molecule has 4 nitrogen and oxygen atoms in total. The highest BCUT2D eigenvalue weighted by molar-refractivity contribution is 7.92. The number of benzene rings is 1. The highest BCUT2D eigenvalue weighted by Gasteiger charge is 2.31. The fraction of sp³-hybridized carbons (Fsp3) is 0.500. The molecule has 0 aliphatic heterocycles. The summed E-state index contributed by atoms with van der Waals surface area (Å²) in [6.45, 7) is 3.27. The quantitative estimate of drug-likeness (QED) is 0.878. The monoisotopic (exact) mass is 311 g/mol. The second-order valence-corrected chi connectivity index (χ2v) is 7.09. The molecule has 0 unspecified atom stereocenters. The first-order valence-corrected chi connectivity index (χ1v) is 7.63. The van der Waals surface area contributed by atoms with Crippen LogP contribution in [0.4, 0.5) is 18.9 Å². The van der Waals surface area contributed by atoms with Crippen LogP contribution in [0.2, 0.25) is 0 Å². The van der Waals surface area contributed by atoms with E-state index in [-0.39, 0.29) is 18.0 Å². The van der Waals surface area contributed by atoms with Gasteiger partial charge < -0.3 is 10.1 Å². The van der Waals surface area contributed by atoms with Gasteiger partial charge in [0.1, 0.15) is 5.75 Å². The molecule has 0 bridgehead atoms. The minimum absolute atomic E-state index is 0.0883. The lowest BCUT2D eigenvalue weighted by atomic mass is 10.3. The van der Waals surface area contributed by atoms with Gasteiger partial charge in [-0.05, 0) is 26.0 Å². The number of sulfone groups is 1. The molecule has 0 heterocycles. The Morgan fingerprint density at radius 2 is 1.95 bits per heavy atom. The standard InChI is InChI=1S/C12H16F3NO3S/c1-9(2)20(17,18)7-6-16-10-4-3-5-11(8-10)19-12(13,14)15/h3-5,8-9,16H,6-7H2,1-2H3. The van der Waals surface area contributed by atoms with Gasteiger partial charge in [-0.2, -0.15) is 0 Å². The molecule has 0 saturated heterocycles. The van der Waals surface area contributed by atoms with Crippen LogP contribution < -0.4 is 10.1 Å². The lowest BCUT2D eigenvalue weighted by Crippen LogP contribution is -2.23. The number of halogens is 3. The van der Waals surface area contributed by atoms with Crippen LogP contribution in [0.5, 0.6) is 5.75 Å². The van der Waals surface area contributed by atoms with E-state index in [2.05, 4.69) is 10.1 Å². The minimum atomic E-state index is -4.75. The zero-order valence-electron chi connectivity index (χ0n) is 11.1. The zero-order chi connectivity index (χ0) is 15.4. The van der Waals surface area contributed by atoms with Crippen molar-refractivity contribution in [3.8, 4) is 5.75 Å². The molecule has 0 atom stereocenters. The number of rotatable bonds is 6. The molecule has 20 heavy (non-hydrogen) atoms. The Labute approximate surface area is 115 Å². The third-order valence-corrected chi connectivity index (χ3v) is 4.71. The Morgan fingerprint density at radius 1 is 1.30 bits per heavy atom. The molecule has 1 aromatic rings. The van der Waals surface area contributed by atoms with Crippen molar-refractivity contribution in [2.24, 2.45) is 0 Å². The molecule has 0 radical (unpaired) electrons. The van der Waals surface area contributed by atoms with Gasteiger partial charge in [0.25, 0.3) is 0 Å². The predicted octanol–water partition coefficient (Wildman–Crippen LogP) is 2.82.